The number of nitrogens with one attached hydrogen (secondary N) is 1. The largest absolute Gasteiger partial charge is 0.305 e. The molecule has 0 spiro atoms. The van der Waals surface area contributed by atoms with Crippen LogP contribution in [-0.2, 0) is 0 Å². The summed E-state index contributed by atoms with van der Waals surface area (Å²) in [6.07, 6.45) is 7.62. The van der Waals surface area contributed by atoms with Crippen LogP contribution in [0.25, 0.3) is 0 Å². The van der Waals surface area contributed by atoms with E-state index in [-0.39, 0.29) is 0 Å². The summed E-state index contributed by atoms with van der Waals surface area (Å²) < 4.78 is 0. The summed E-state index contributed by atoms with van der Waals surface area (Å²) in [4.78, 5) is 5.90. The second-order valence-corrected chi connectivity index (χ2v) is 6.68. The number of aryl methyl sites for hydroxylation is 1. The van der Waals surface area contributed by atoms with Gasteiger partial charge in [-0.15, -0.1) is 11.3 Å². The van der Waals surface area contributed by atoms with Crippen molar-refractivity contribution in [3.05, 3.63) is 16.1 Å². The number of hydrogen-bond acceptors (Lipinski definition) is 3. The maximum Gasteiger partial charge on any atom is 0.110 e. The molecule has 1 aromatic heterocycles. The molecular weight excluding hydrogens is 216 g/mol. The Morgan fingerprint density at radius 3 is 2.50 bits per heavy atom. The molecule has 2 aliphatic carbocycles. The van der Waals surface area contributed by atoms with Crippen molar-refractivity contribution < 1.29 is 0 Å². The van der Waals surface area contributed by atoms with Gasteiger partial charge in [-0.3, -0.25) is 0 Å². The fraction of sp³-hybridized carbons (Fsp3) is 0.769. The third-order valence-electron chi connectivity index (χ3n) is 3.77. The van der Waals surface area contributed by atoms with E-state index in [9.17, 15) is 0 Å². The smallest absolute Gasteiger partial charge is 0.110 e. The van der Waals surface area contributed by atoms with Crippen molar-refractivity contribution in [3.8, 4) is 0 Å². The van der Waals surface area contributed by atoms with Crippen molar-refractivity contribution in [2.24, 2.45) is 11.8 Å². The van der Waals surface area contributed by atoms with Gasteiger partial charge < -0.3 is 5.32 Å². The molecule has 2 atom stereocenters. The van der Waals surface area contributed by atoms with Crippen LogP contribution in [0.1, 0.15) is 48.5 Å². The molecule has 2 fully saturated rings. The first kappa shape index (κ1) is 10.7. The van der Waals surface area contributed by atoms with Gasteiger partial charge in [-0.25, -0.2) is 4.98 Å². The summed E-state index contributed by atoms with van der Waals surface area (Å²) in [5.41, 5.74) is 0. The van der Waals surface area contributed by atoms with Crippen LogP contribution in [0.3, 0.4) is 0 Å². The van der Waals surface area contributed by atoms with Gasteiger partial charge in [0.15, 0.2) is 0 Å². The van der Waals surface area contributed by atoms with Crippen molar-refractivity contribution >= 4 is 11.3 Å². The molecule has 0 radical (unpaired) electrons. The second-order valence-electron chi connectivity index (χ2n) is 5.42. The maximum absolute atomic E-state index is 4.57. The van der Waals surface area contributed by atoms with E-state index < -0.39 is 0 Å². The van der Waals surface area contributed by atoms with Gasteiger partial charge in [-0.05, 0) is 51.4 Å². The Morgan fingerprint density at radius 2 is 2.00 bits per heavy atom. The van der Waals surface area contributed by atoms with Crippen molar-refractivity contribution in [3.63, 3.8) is 0 Å². The van der Waals surface area contributed by atoms with Crippen molar-refractivity contribution in [2.45, 2.75) is 51.6 Å². The molecule has 1 heterocycles. The number of aromatic nitrogens is 1. The normalized spacial score (nSPS) is 24.4. The van der Waals surface area contributed by atoms with Crippen LogP contribution in [-0.4, -0.2) is 11.0 Å². The standard InChI is InChI=1S/C13H20N2S/c1-8-7-14-13(16-8)12(11-5-6-11)15-9(2)10-3-4-10/h7,9-12,15H,3-6H2,1-2H3/t9-,12-/m1/s1. The number of rotatable bonds is 5. The fourth-order valence-corrected chi connectivity index (χ4v) is 3.30. The van der Waals surface area contributed by atoms with Crippen molar-refractivity contribution in [1.82, 2.24) is 10.3 Å². The first-order chi connectivity index (χ1) is 7.74. The minimum Gasteiger partial charge on any atom is -0.305 e. The molecule has 0 aromatic carbocycles. The monoisotopic (exact) mass is 236 g/mol. The molecule has 0 amide bonds. The average Bonchev–Trinajstić information content (AvgIpc) is 3.13. The van der Waals surface area contributed by atoms with Crippen LogP contribution in [0.2, 0.25) is 0 Å². The van der Waals surface area contributed by atoms with Gasteiger partial charge >= 0.3 is 0 Å². The molecule has 0 unspecified atom stereocenters. The highest BCUT2D eigenvalue weighted by atomic mass is 32.1. The van der Waals surface area contributed by atoms with Gasteiger partial charge in [0.2, 0.25) is 0 Å². The van der Waals surface area contributed by atoms with Crippen LogP contribution < -0.4 is 5.32 Å². The number of nitrogens with zero attached hydrogens (tertiary/aromatic N) is 1. The molecule has 1 aromatic rings. The van der Waals surface area contributed by atoms with E-state index in [1.54, 1.807) is 0 Å². The predicted octanol–water partition coefficient (Wildman–Crippen LogP) is 3.29. The first-order valence-corrected chi connectivity index (χ1v) is 7.24. The summed E-state index contributed by atoms with van der Waals surface area (Å²) in [5.74, 6) is 1.79. The van der Waals surface area contributed by atoms with Crippen LogP contribution >= 0.6 is 11.3 Å². The third kappa shape index (κ3) is 2.30. The van der Waals surface area contributed by atoms with Crippen molar-refractivity contribution in [2.75, 3.05) is 0 Å². The fourth-order valence-electron chi connectivity index (χ4n) is 2.37. The molecule has 2 saturated carbocycles. The van der Waals surface area contributed by atoms with Gasteiger partial charge in [0, 0.05) is 17.1 Å². The Balaban J connectivity index is 1.70. The van der Waals surface area contributed by atoms with E-state index in [0.717, 1.165) is 11.8 Å². The molecular formula is C13H20N2S. The SMILES string of the molecule is Cc1cnc([C@H](N[C@H](C)C2CC2)C2CC2)s1. The lowest BCUT2D eigenvalue weighted by atomic mass is 10.1. The van der Waals surface area contributed by atoms with E-state index in [4.69, 9.17) is 0 Å². The van der Waals surface area contributed by atoms with E-state index in [0.29, 0.717) is 12.1 Å². The lowest BCUT2D eigenvalue weighted by Crippen LogP contribution is -2.33. The van der Waals surface area contributed by atoms with Gasteiger partial charge in [0.25, 0.3) is 0 Å². The highest BCUT2D eigenvalue weighted by Crippen LogP contribution is 2.43. The van der Waals surface area contributed by atoms with Crippen LogP contribution in [0, 0.1) is 18.8 Å². The topological polar surface area (TPSA) is 24.9 Å². The molecule has 0 saturated heterocycles. The van der Waals surface area contributed by atoms with Crippen molar-refractivity contribution in [1.29, 1.82) is 0 Å². The highest BCUT2D eigenvalue weighted by molar-refractivity contribution is 7.11. The van der Waals surface area contributed by atoms with E-state index in [1.165, 1.54) is 35.6 Å². The van der Waals surface area contributed by atoms with Crippen LogP contribution in [0.5, 0.6) is 0 Å². The third-order valence-corrected chi connectivity index (χ3v) is 4.77. The lowest BCUT2D eigenvalue weighted by Gasteiger charge is -2.21. The van der Waals surface area contributed by atoms with Gasteiger partial charge in [-0.1, -0.05) is 0 Å². The Hall–Kier alpha value is -0.410. The van der Waals surface area contributed by atoms with Gasteiger partial charge in [0.1, 0.15) is 5.01 Å². The zero-order valence-corrected chi connectivity index (χ0v) is 10.9. The van der Waals surface area contributed by atoms with Crippen LogP contribution in [0.15, 0.2) is 6.20 Å². The molecule has 2 aliphatic rings. The zero-order valence-electron chi connectivity index (χ0n) is 10.1. The van der Waals surface area contributed by atoms with E-state index in [1.807, 2.05) is 17.5 Å². The molecule has 3 heteroatoms. The molecule has 2 nitrogen and oxygen atoms in total. The Bertz CT molecular complexity index is 366. The van der Waals surface area contributed by atoms with E-state index in [2.05, 4.69) is 24.1 Å². The second kappa shape index (κ2) is 4.11. The summed E-state index contributed by atoms with van der Waals surface area (Å²) in [5, 5.41) is 5.13. The maximum atomic E-state index is 4.57. The Labute approximate surface area is 101 Å². The molecule has 0 aliphatic heterocycles. The lowest BCUT2D eigenvalue weighted by molar-refractivity contribution is 0.391. The van der Waals surface area contributed by atoms with Crippen LogP contribution in [0.4, 0.5) is 0 Å². The molecule has 0 bridgehead atoms. The predicted molar refractivity (Wildman–Crippen MR) is 67.6 cm³/mol. The number of thiazole rings is 1. The summed E-state index contributed by atoms with van der Waals surface area (Å²) in [7, 11) is 0. The molecule has 3 rings (SSSR count). The van der Waals surface area contributed by atoms with Gasteiger partial charge in [0.05, 0.1) is 6.04 Å². The minimum absolute atomic E-state index is 0.536. The Kier molecular flexibility index (Phi) is 2.76. The molecule has 16 heavy (non-hydrogen) atoms. The molecule has 1 N–H and O–H groups in total. The quantitative estimate of drug-likeness (QED) is 0.848. The Morgan fingerprint density at radius 1 is 1.31 bits per heavy atom. The summed E-state index contributed by atoms with van der Waals surface area (Å²) in [6, 6.07) is 1.21. The average molecular weight is 236 g/mol. The van der Waals surface area contributed by atoms with Gasteiger partial charge in [-0.2, -0.15) is 0 Å². The first-order valence-electron chi connectivity index (χ1n) is 6.42. The van der Waals surface area contributed by atoms with E-state index >= 15 is 0 Å². The summed E-state index contributed by atoms with van der Waals surface area (Å²) in [6.45, 7) is 4.49. The zero-order chi connectivity index (χ0) is 11.1. The summed E-state index contributed by atoms with van der Waals surface area (Å²) >= 11 is 1.86. The minimum atomic E-state index is 0.536. The highest BCUT2D eigenvalue weighted by Gasteiger charge is 2.37. The molecule has 88 valence electrons. The number of hydrogen-bond donors (Lipinski definition) is 1.